The van der Waals surface area contributed by atoms with Gasteiger partial charge in [-0.15, -0.1) is 11.3 Å². The summed E-state index contributed by atoms with van der Waals surface area (Å²) in [6, 6.07) is 11.2. The Morgan fingerprint density at radius 3 is 2.08 bits per heavy atom. The van der Waals surface area contributed by atoms with Crippen molar-refractivity contribution >= 4 is 23.1 Å². The molecule has 2 heterocycles. The van der Waals surface area contributed by atoms with Gasteiger partial charge in [0, 0.05) is 33.1 Å². The highest BCUT2D eigenvalue weighted by Gasteiger charge is 2.41. The number of unbranched alkanes of at least 4 members (excludes halogenated alkanes) is 9. The Kier molecular flexibility index (Phi) is 9.44. The number of allylic oxidation sites excluding steroid dienone is 1. The number of aromatic hydroxyl groups is 1. The van der Waals surface area contributed by atoms with Crippen molar-refractivity contribution in [3.63, 3.8) is 0 Å². The van der Waals surface area contributed by atoms with Gasteiger partial charge < -0.3 is 10.0 Å². The van der Waals surface area contributed by atoms with Gasteiger partial charge in [0.1, 0.15) is 0 Å². The van der Waals surface area contributed by atoms with Crippen LogP contribution in [-0.2, 0) is 10.8 Å². The molecule has 1 N–H and O–H groups in total. The molecule has 0 radical (unpaired) electrons. The van der Waals surface area contributed by atoms with Gasteiger partial charge in [-0.05, 0) is 53.3 Å². The number of thiophene rings is 1. The van der Waals surface area contributed by atoms with Crippen LogP contribution in [0.3, 0.4) is 0 Å². The smallest absolute Gasteiger partial charge is 0.268 e. The first kappa shape index (κ1) is 30.3. The summed E-state index contributed by atoms with van der Waals surface area (Å²) in [5, 5.41) is 10.2. The lowest BCUT2D eigenvalue weighted by molar-refractivity contribution is 0.461. The molecule has 0 saturated carbocycles. The Hall–Kier alpha value is -2.66. The van der Waals surface area contributed by atoms with E-state index in [0.717, 1.165) is 24.4 Å². The second-order valence-corrected chi connectivity index (χ2v) is 14.1. The van der Waals surface area contributed by atoms with Crippen molar-refractivity contribution in [2.24, 2.45) is 0 Å². The predicted octanol–water partition coefficient (Wildman–Crippen LogP) is 9.07. The van der Waals surface area contributed by atoms with Crippen molar-refractivity contribution < 1.29 is 5.11 Å². The fourth-order valence-corrected chi connectivity index (χ4v) is 6.91. The normalized spacial score (nSPS) is 15.8. The van der Waals surface area contributed by atoms with Gasteiger partial charge in [0.05, 0.1) is 5.56 Å². The van der Waals surface area contributed by atoms with E-state index in [2.05, 4.69) is 76.8 Å². The Bertz CT molecular complexity index is 1410. The van der Waals surface area contributed by atoms with Crippen LogP contribution in [0.15, 0.2) is 45.6 Å². The van der Waals surface area contributed by atoms with Gasteiger partial charge in [-0.25, -0.2) is 0 Å². The topological polar surface area (TPSA) is 57.6 Å². The molecule has 0 unspecified atom stereocenters. The molecule has 3 aromatic rings. The maximum Gasteiger partial charge on any atom is 0.268 e. The van der Waals surface area contributed by atoms with Crippen LogP contribution in [-0.4, -0.2) is 11.7 Å². The Morgan fingerprint density at radius 1 is 0.875 bits per heavy atom. The summed E-state index contributed by atoms with van der Waals surface area (Å²) in [6.45, 7) is 14.2. The number of fused-ring (bicyclic) bond motifs is 1. The lowest BCUT2D eigenvalue weighted by Gasteiger charge is -2.27. The first-order valence-corrected chi connectivity index (χ1v) is 16.1. The summed E-state index contributed by atoms with van der Waals surface area (Å²) in [6.07, 6.45) is 14.5. The highest BCUT2D eigenvalue weighted by atomic mass is 32.1. The van der Waals surface area contributed by atoms with Crippen LogP contribution in [0.25, 0.3) is 16.5 Å². The molecule has 0 saturated heterocycles. The van der Waals surface area contributed by atoms with E-state index < -0.39 is 16.6 Å². The van der Waals surface area contributed by atoms with Crippen molar-refractivity contribution in [2.45, 2.75) is 117 Å². The molecule has 0 spiro atoms. The molecule has 1 aliphatic rings. The third-order valence-electron chi connectivity index (χ3n) is 8.46. The standard InChI is InChI=1S/C35H47NO3S/c1-7-8-9-10-11-12-13-14-15-16-21-36-27-18-17-24(28-19-20-30(40-28)34(2,3)4)22-26(27)35(5,6)29(36)23-25-31(37)33(39)32(25)38/h17-20,22-23,37H,7-16,21H2,1-6H3/b29-23+. The Labute approximate surface area is 244 Å². The molecule has 0 bridgehead atoms. The van der Waals surface area contributed by atoms with Crippen molar-refractivity contribution in [3.05, 3.63) is 72.5 Å². The fourth-order valence-electron chi connectivity index (χ4n) is 5.85. The molecule has 0 atom stereocenters. The zero-order valence-electron chi connectivity index (χ0n) is 25.4. The number of anilines is 1. The average molecular weight is 562 g/mol. The van der Waals surface area contributed by atoms with Crippen LogP contribution in [0, 0.1) is 0 Å². The van der Waals surface area contributed by atoms with Crippen LogP contribution in [0.4, 0.5) is 5.69 Å². The van der Waals surface area contributed by atoms with Crippen LogP contribution >= 0.6 is 11.3 Å². The molecule has 0 amide bonds. The maximum absolute atomic E-state index is 12.3. The molecule has 40 heavy (non-hydrogen) atoms. The number of benzene rings is 1. The summed E-state index contributed by atoms with van der Waals surface area (Å²) in [7, 11) is 0. The summed E-state index contributed by atoms with van der Waals surface area (Å²) in [5.74, 6) is -0.405. The zero-order valence-corrected chi connectivity index (χ0v) is 26.2. The van der Waals surface area contributed by atoms with E-state index in [9.17, 15) is 14.7 Å². The minimum absolute atomic E-state index is 0.114. The van der Waals surface area contributed by atoms with Gasteiger partial charge in [0.2, 0.25) is 5.43 Å². The van der Waals surface area contributed by atoms with E-state index in [4.69, 9.17) is 0 Å². The first-order valence-electron chi connectivity index (χ1n) is 15.2. The summed E-state index contributed by atoms with van der Waals surface area (Å²) in [5.41, 5.74) is 3.05. The second-order valence-electron chi connectivity index (χ2n) is 13.1. The molecule has 1 aliphatic heterocycles. The lowest BCUT2D eigenvalue weighted by Crippen LogP contribution is -2.34. The van der Waals surface area contributed by atoms with Crippen molar-refractivity contribution in [3.8, 4) is 16.2 Å². The van der Waals surface area contributed by atoms with Crippen LogP contribution < -0.4 is 15.8 Å². The van der Waals surface area contributed by atoms with Crippen LogP contribution in [0.2, 0.25) is 0 Å². The van der Waals surface area contributed by atoms with E-state index in [1.54, 1.807) is 6.08 Å². The highest BCUT2D eigenvalue weighted by molar-refractivity contribution is 7.15. The van der Waals surface area contributed by atoms with Crippen molar-refractivity contribution in [1.82, 2.24) is 0 Å². The minimum atomic E-state index is -0.781. The first-order chi connectivity index (χ1) is 19.0. The summed E-state index contributed by atoms with van der Waals surface area (Å²) in [4.78, 5) is 29.0. The molecular formula is C35H47NO3S. The minimum Gasteiger partial charge on any atom is -0.504 e. The van der Waals surface area contributed by atoms with E-state index in [1.807, 2.05) is 11.3 Å². The summed E-state index contributed by atoms with van der Waals surface area (Å²) < 4.78 is 0. The monoisotopic (exact) mass is 561 g/mol. The van der Waals surface area contributed by atoms with Crippen LogP contribution in [0.5, 0.6) is 5.75 Å². The SMILES string of the molecule is CCCCCCCCCCCCN1/C(=C/c2c(O)c(=O)c2=O)C(C)(C)c2cc(-c3ccc(C(C)(C)C)s3)ccc21. The summed E-state index contributed by atoms with van der Waals surface area (Å²) >= 11 is 1.84. The molecule has 4 rings (SSSR count). The number of hydrogen-bond acceptors (Lipinski definition) is 5. The molecule has 2 aromatic carbocycles. The number of nitrogens with zero attached hydrogens (tertiary/aromatic N) is 1. The average Bonchev–Trinajstić information content (AvgIpc) is 3.50. The largest absolute Gasteiger partial charge is 0.504 e. The van der Waals surface area contributed by atoms with E-state index in [1.165, 1.54) is 78.7 Å². The molecule has 0 aliphatic carbocycles. The van der Waals surface area contributed by atoms with E-state index in [-0.39, 0.29) is 16.4 Å². The predicted molar refractivity (Wildman–Crippen MR) is 172 cm³/mol. The quantitative estimate of drug-likeness (QED) is 0.167. The lowest BCUT2D eigenvalue weighted by atomic mass is 9.82. The molecule has 4 nitrogen and oxygen atoms in total. The van der Waals surface area contributed by atoms with Gasteiger partial charge in [-0.2, -0.15) is 0 Å². The number of rotatable bonds is 13. The molecule has 1 aromatic heterocycles. The van der Waals surface area contributed by atoms with Gasteiger partial charge >= 0.3 is 0 Å². The maximum atomic E-state index is 12.3. The third kappa shape index (κ3) is 6.30. The highest BCUT2D eigenvalue weighted by Crippen LogP contribution is 2.50. The third-order valence-corrected chi connectivity index (χ3v) is 10.0. The molecular weight excluding hydrogens is 514 g/mol. The molecule has 5 heteroatoms. The molecule has 0 fully saturated rings. The zero-order chi connectivity index (χ0) is 29.1. The number of hydrogen-bond donors (Lipinski definition) is 1. The van der Waals surface area contributed by atoms with Gasteiger partial charge in [-0.1, -0.05) is 105 Å². The van der Waals surface area contributed by atoms with Gasteiger partial charge in [-0.3, -0.25) is 9.59 Å². The van der Waals surface area contributed by atoms with Gasteiger partial charge in [0.15, 0.2) is 5.75 Å². The Balaban J connectivity index is 1.54. The van der Waals surface area contributed by atoms with Crippen molar-refractivity contribution in [1.29, 1.82) is 0 Å². The van der Waals surface area contributed by atoms with E-state index >= 15 is 0 Å². The fraction of sp³-hybridized carbons (Fsp3) is 0.543. The van der Waals surface area contributed by atoms with Crippen molar-refractivity contribution in [2.75, 3.05) is 11.4 Å². The van der Waals surface area contributed by atoms with Gasteiger partial charge in [0.25, 0.3) is 5.43 Å². The van der Waals surface area contributed by atoms with E-state index in [0.29, 0.717) is 0 Å². The second kappa shape index (κ2) is 12.5. The Morgan fingerprint density at radius 2 is 1.50 bits per heavy atom. The van der Waals surface area contributed by atoms with Crippen LogP contribution in [0.1, 0.15) is 122 Å². The molecule has 216 valence electrons.